The van der Waals surface area contributed by atoms with Crippen LogP contribution in [-0.2, 0) is 4.79 Å². The Morgan fingerprint density at radius 3 is 2.50 bits per heavy atom. The van der Waals surface area contributed by atoms with Crippen LogP contribution in [0.15, 0.2) is 29.1 Å². The van der Waals surface area contributed by atoms with E-state index in [2.05, 4.69) is 4.98 Å². The molecule has 1 saturated heterocycles. The third-order valence-electron chi connectivity index (χ3n) is 4.31. The molecular weight excluding hydrogens is 319 g/mol. The monoisotopic (exact) mass is 334 g/mol. The molecule has 1 amide bonds. The molecule has 0 radical (unpaired) electrons. The van der Waals surface area contributed by atoms with Crippen LogP contribution < -0.4 is 5.56 Å². The topological polar surface area (TPSA) is 111 Å². The van der Waals surface area contributed by atoms with E-state index in [-0.39, 0.29) is 36.9 Å². The maximum Gasteiger partial charge on any atom is 0.335 e. The molecule has 3 rings (SSSR count). The Kier molecular flexibility index (Phi) is 3.84. The smallest absolute Gasteiger partial charge is 0.335 e. The Morgan fingerprint density at radius 2 is 1.88 bits per heavy atom. The molecule has 3 N–H and O–H groups in total. The SMILES string of the molecule is O=C(c1cc(=O)[nH]c2ccc(F)cc12)N1CCC(O)(C(=O)O)CC1. The summed E-state index contributed by atoms with van der Waals surface area (Å²) in [6.07, 6.45) is -0.215. The highest BCUT2D eigenvalue weighted by atomic mass is 19.1. The molecule has 0 aliphatic carbocycles. The molecule has 1 aromatic carbocycles. The van der Waals surface area contributed by atoms with E-state index in [0.29, 0.717) is 5.52 Å². The molecule has 7 nitrogen and oxygen atoms in total. The highest BCUT2D eigenvalue weighted by Crippen LogP contribution is 2.25. The van der Waals surface area contributed by atoms with Crippen LogP contribution in [-0.4, -0.2) is 50.7 Å². The molecule has 0 atom stereocenters. The maximum absolute atomic E-state index is 13.5. The number of aliphatic carboxylic acids is 1. The summed E-state index contributed by atoms with van der Waals surface area (Å²) in [5.74, 6) is -2.36. The zero-order valence-electron chi connectivity index (χ0n) is 12.6. The number of rotatable bonds is 2. The van der Waals surface area contributed by atoms with Gasteiger partial charge in [-0.1, -0.05) is 0 Å². The summed E-state index contributed by atoms with van der Waals surface area (Å²) in [7, 11) is 0. The molecule has 126 valence electrons. The van der Waals surface area contributed by atoms with Crippen molar-refractivity contribution < 1.29 is 24.2 Å². The number of aliphatic hydroxyl groups is 1. The van der Waals surface area contributed by atoms with Gasteiger partial charge < -0.3 is 20.1 Å². The van der Waals surface area contributed by atoms with E-state index < -0.39 is 28.9 Å². The van der Waals surface area contributed by atoms with Crippen LogP contribution in [0.3, 0.4) is 0 Å². The van der Waals surface area contributed by atoms with E-state index in [1.165, 1.54) is 17.0 Å². The van der Waals surface area contributed by atoms with E-state index in [1.807, 2.05) is 0 Å². The molecule has 24 heavy (non-hydrogen) atoms. The van der Waals surface area contributed by atoms with E-state index >= 15 is 0 Å². The lowest BCUT2D eigenvalue weighted by Gasteiger charge is -2.35. The third kappa shape index (κ3) is 2.76. The minimum absolute atomic E-state index is 0.0330. The van der Waals surface area contributed by atoms with Crippen LogP contribution in [0.25, 0.3) is 10.9 Å². The van der Waals surface area contributed by atoms with Crippen molar-refractivity contribution in [3.05, 3.63) is 46.0 Å². The molecule has 0 spiro atoms. The first-order valence-electron chi connectivity index (χ1n) is 7.38. The molecule has 0 unspecified atom stereocenters. The van der Waals surface area contributed by atoms with Crippen molar-refractivity contribution in [3.8, 4) is 0 Å². The third-order valence-corrected chi connectivity index (χ3v) is 4.31. The fraction of sp³-hybridized carbons (Fsp3) is 0.312. The van der Waals surface area contributed by atoms with Crippen molar-refractivity contribution in [1.82, 2.24) is 9.88 Å². The van der Waals surface area contributed by atoms with Crippen molar-refractivity contribution in [1.29, 1.82) is 0 Å². The number of halogens is 1. The average molecular weight is 334 g/mol. The normalized spacial score (nSPS) is 17.0. The number of likely N-dealkylation sites (tertiary alicyclic amines) is 1. The highest BCUT2D eigenvalue weighted by molar-refractivity contribution is 6.06. The van der Waals surface area contributed by atoms with Crippen LogP contribution in [0.1, 0.15) is 23.2 Å². The summed E-state index contributed by atoms with van der Waals surface area (Å²) in [5, 5.41) is 19.2. The molecule has 8 heteroatoms. The van der Waals surface area contributed by atoms with Gasteiger partial charge in [-0.15, -0.1) is 0 Å². The van der Waals surface area contributed by atoms with Crippen molar-refractivity contribution in [3.63, 3.8) is 0 Å². The number of H-pyrrole nitrogens is 1. The van der Waals surface area contributed by atoms with Gasteiger partial charge in [0.2, 0.25) is 5.56 Å². The Bertz CT molecular complexity index is 884. The number of nitrogens with one attached hydrogen (secondary N) is 1. The fourth-order valence-electron chi connectivity index (χ4n) is 2.87. The Morgan fingerprint density at radius 1 is 1.21 bits per heavy atom. The number of carboxylic acids is 1. The maximum atomic E-state index is 13.5. The Balaban J connectivity index is 1.94. The summed E-state index contributed by atoms with van der Waals surface area (Å²) >= 11 is 0. The summed E-state index contributed by atoms with van der Waals surface area (Å²) in [6, 6.07) is 4.82. The van der Waals surface area contributed by atoms with E-state index in [9.17, 15) is 23.9 Å². The number of aromatic amines is 1. The van der Waals surface area contributed by atoms with Crippen LogP contribution in [0.2, 0.25) is 0 Å². The van der Waals surface area contributed by atoms with Gasteiger partial charge in [-0.3, -0.25) is 9.59 Å². The summed E-state index contributed by atoms with van der Waals surface area (Å²) < 4.78 is 13.5. The number of nitrogens with zero attached hydrogens (tertiary/aromatic N) is 1. The molecule has 1 aliphatic rings. The first kappa shape index (κ1) is 16.1. The van der Waals surface area contributed by atoms with Gasteiger partial charge in [-0.25, -0.2) is 9.18 Å². The lowest BCUT2D eigenvalue weighted by atomic mass is 9.91. The number of hydrogen-bond donors (Lipinski definition) is 3. The molecular formula is C16H15FN2O5. The summed E-state index contributed by atoms with van der Waals surface area (Å²) in [5.41, 5.74) is -1.95. The molecule has 1 aromatic heterocycles. The van der Waals surface area contributed by atoms with Gasteiger partial charge in [0.15, 0.2) is 5.60 Å². The fourth-order valence-corrected chi connectivity index (χ4v) is 2.87. The van der Waals surface area contributed by atoms with E-state index in [1.54, 1.807) is 0 Å². The van der Waals surface area contributed by atoms with Crippen LogP contribution in [0, 0.1) is 5.82 Å². The molecule has 2 heterocycles. The second-order valence-corrected chi connectivity index (χ2v) is 5.87. The molecule has 0 saturated carbocycles. The van der Waals surface area contributed by atoms with Crippen molar-refractivity contribution in [2.75, 3.05) is 13.1 Å². The lowest BCUT2D eigenvalue weighted by Crippen LogP contribution is -2.50. The number of carboxylic acid groups (broad SMARTS) is 1. The van der Waals surface area contributed by atoms with Crippen LogP contribution >= 0.6 is 0 Å². The van der Waals surface area contributed by atoms with Gasteiger partial charge >= 0.3 is 5.97 Å². The van der Waals surface area contributed by atoms with Gasteiger partial charge in [0.05, 0.1) is 5.56 Å². The number of aromatic nitrogens is 1. The first-order valence-corrected chi connectivity index (χ1v) is 7.38. The quantitative estimate of drug-likeness (QED) is 0.749. The second-order valence-electron chi connectivity index (χ2n) is 5.87. The van der Waals surface area contributed by atoms with E-state index in [4.69, 9.17) is 5.11 Å². The predicted molar refractivity (Wildman–Crippen MR) is 82.2 cm³/mol. The number of fused-ring (bicyclic) bond motifs is 1. The minimum atomic E-state index is -1.85. The molecule has 1 aliphatic heterocycles. The van der Waals surface area contributed by atoms with Gasteiger partial charge in [0, 0.05) is 42.9 Å². The van der Waals surface area contributed by atoms with Crippen molar-refractivity contribution in [2.45, 2.75) is 18.4 Å². The van der Waals surface area contributed by atoms with E-state index in [0.717, 1.165) is 12.1 Å². The predicted octanol–water partition coefficient (Wildman–Crippen LogP) is 0.719. The van der Waals surface area contributed by atoms with Gasteiger partial charge in [0.25, 0.3) is 5.91 Å². The minimum Gasteiger partial charge on any atom is -0.479 e. The number of benzene rings is 1. The van der Waals surface area contributed by atoms with Gasteiger partial charge in [0.1, 0.15) is 5.82 Å². The standard InChI is InChI=1S/C16H15FN2O5/c17-9-1-2-12-10(7-9)11(8-13(20)18-12)14(21)19-5-3-16(24,4-6-19)15(22)23/h1-2,7-8,24H,3-6H2,(H,18,20)(H,22,23). The number of pyridine rings is 1. The average Bonchev–Trinajstić information content (AvgIpc) is 2.54. The number of amides is 1. The Hall–Kier alpha value is -2.74. The molecule has 0 bridgehead atoms. The van der Waals surface area contributed by atoms with Crippen molar-refractivity contribution in [2.24, 2.45) is 0 Å². The zero-order valence-corrected chi connectivity index (χ0v) is 12.6. The van der Waals surface area contributed by atoms with Gasteiger partial charge in [-0.2, -0.15) is 0 Å². The summed E-state index contributed by atoms with van der Waals surface area (Å²) in [6.45, 7) is 0.0660. The highest BCUT2D eigenvalue weighted by Gasteiger charge is 2.40. The number of carbonyl (C=O) groups excluding carboxylic acids is 1. The zero-order chi connectivity index (χ0) is 17.5. The number of piperidine rings is 1. The number of carbonyl (C=O) groups is 2. The summed E-state index contributed by atoms with van der Waals surface area (Å²) in [4.78, 5) is 39.3. The van der Waals surface area contributed by atoms with Crippen LogP contribution in [0.5, 0.6) is 0 Å². The Labute approximate surface area is 135 Å². The lowest BCUT2D eigenvalue weighted by molar-refractivity contribution is -0.162. The molecule has 2 aromatic rings. The number of hydrogen-bond acceptors (Lipinski definition) is 4. The van der Waals surface area contributed by atoms with Crippen molar-refractivity contribution >= 4 is 22.8 Å². The first-order chi connectivity index (χ1) is 11.3. The van der Waals surface area contributed by atoms with Gasteiger partial charge in [-0.05, 0) is 18.2 Å². The second kappa shape index (κ2) is 5.72. The van der Waals surface area contributed by atoms with Crippen LogP contribution in [0.4, 0.5) is 4.39 Å². The molecule has 1 fully saturated rings. The largest absolute Gasteiger partial charge is 0.479 e.